The van der Waals surface area contributed by atoms with E-state index in [0.29, 0.717) is 19.4 Å². The van der Waals surface area contributed by atoms with Gasteiger partial charge in [0.15, 0.2) is 0 Å². The number of primary amides is 1. The van der Waals surface area contributed by atoms with Gasteiger partial charge in [-0.05, 0) is 88.2 Å². The third kappa shape index (κ3) is 9.51. The second-order valence-corrected chi connectivity index (χ2v) is 11.8. The molecular weight excluding hydrogens is 503 g/mol. The number of nitrogens with one attached hydrogen (secondary N) is 1. The molecule has 0 spiro atoms. The third-order valence-electron chi connectivity index (χ3n) is 8.78. The average molecular weight is 552 g/mol. The first-order chi connectivity index (χ1) is 18.6. The van der Waals surface area contributed by atoms with Gasteiger partial charge in [-0.2, -0.15) is 13.2 Å². The van der Waals surface area contributed by atoms with Gasteiger partial charge < -0.3 is 16.0 Å². The maximum Gasteiger partial charge on any atom is 0.389 e. The first-order valence-electron chi connectivity index (χ1n) is 15.1. The van der Waals surface area contributed by atoms with E-state index in [2.05, 4.69) is 17.1 Å². The number of piperidine rings is 1. The number of nitrogens with two attached hydrogens (primary N) is 1. The zero-order chi connectivity index (χ0) is 28.3. The minimum atomic E-state index is -4.32. The van der Waals surface area contributed by atoms with Crippen molar-refractivity contribution in [3.05, 3.63) is 36.0 Å². The van der Waals surface area contributed by atoms with E-state index in [9.17, 15) is 22.8 Å². The lowest BCUT2D eigenvalue weighted by molar-refractivity contribution is -0.150. The topological polar surface area (TPSA) is 75.4 Å². The zero-order valence-electron chi connectivity index (χ0n) is 23.6. The third-order valence-corrected chi connectivity index (χ3v) is 8.78. The molecule has 220 valence electrons. The standard InChI is InChI=1S/C31H48F3N3O2/c1-2-3-6-15-28(38)36-27-17-20-37(21-18-27)19-16-24(23-31(32,33)34)22-30(29(35)39,25-11-7-4-8-12-25)26-13-9-5-10-14-26/h7,9,11-13,24,26-27H,2-6,8,10,14-23H2,1H3,(H2,35,39)(H,36,38). The number of carbonyl (C=O) groups is 2. The van der Waals surface area contributed by atoms with Gasteiger partial charge in [-0.1, -0.05) is 50.1 Å². The largest absolute Gasteiger partial charge is 0.389 e. The number of alkyl halides is 3. The van der Waals surface area contributed by atoms with Crippen LogP contribution in [0.5, 0.6) is 0 Å². The maximum atomic E-state index is 13.8. The first kappa shape index (κ1) is 31.4. The van der Waals surface area contributed by atoms with Crippen molar-refractivity contribution >= 4 is 11.8 Å². The minimum Gasteiger partial charge on any atom is -0.369 e. The predicted octanol–water partition coefficient (Wildman–Crippen LogP) is 6.60. The van der Waals surface area contributed by atoms with Crippen molar-refractivity contribution in [2.24, 2.45) is 23.0 Å². The molecule has 3 N–H and O–H groups in total. The predicted molar refractivity (Wildman–Crippen MR) is 150 cm³/mol. The van der Waals surface area contributed by atoms with Gasteiger partial charge in [-0.25, -0.2) is 0 Å². The van der Waals surface area contributed by atoms with Crippen LogP contribution in [-0.2, 0) is 9.59 Å². The first-order valence-corrected chi connectivity index (χ1v) is 15.1. The Balaban J connectivity index is 1.67. The molecule has 0 aromatic heterocycles. The second kappa shape index (κ2) is 15.1. The molecule has 3 aliphatic rings. The molecule has 0 aromatic rings. The summed E-state index contributed by atoms with van der Waals surface area (Å²) in [5.74, 6) is -1.32. The molecule has 0 saturated carbocycles. The highest BCUT2D eigenvalue weighted by Gasteiger charge is 2.48. The van der Waals surface area contributed by atoms with Crippen LogP contribution >= 0.6 is 0 Å². The Hall–Kier alpha value is -2.09. The van der Waals surface area contributed by atoms with Gasteiger partial charge in [0.05, 0.1) is 5.41 Å². The zero-order valence-corrected chi connectivity index (χ0v) is 23.6. The van der Waals surface area contributed by atoms with Crippen LogP contribution in [0.3, 0.4) is 0 Å². The van der Waals surface area contributed by atoms with Gasteiger partial charge in [0.2, 0.25) is 11.8 Å². The van der Waals surface area contributed by atoms with Crippen LogP contribution in [0.15, 0.2) is 36.0 Å². The van der Waals surface area contributed by atoms with Gasteiger partial charge in [0, 0.05) is 32.0 Å². The lowest BCUT2D eigenvalue weighted by atomic mass is 9.60. The van der Waals surface area contributed by atoms with Gasteiger partial charge in [0.1, 0.15) is 0 Å². The molecule has 1 aliphatic heterocycles. The van der Waals surface area contributed by atoms with Crippen molar-refractivity contribution in [1.29, 1.82) is 0 Å². The van der Waals surface area contributed by atoms with Crippen LogP contribution in [-0.4, -0.2) is 48.6 Å². The van der Waals surface area contributed by atoms with Crippen LogP contribution in [0.1, 0.15) is 96.8 Å². The van der Waals surface area contributed by atoms with Crippen molar-refractivity contribution in [2.45, 2.75) is 109 Å². The maximum absolute atomic E-state index is 13.8. The molecule has 2 aliphatic carbocycles. The lowest BCUT2D eigenvalue weighted by Gasteiger charge is -2.43. The lowest BCUT2D eigenvalue weighted by Crippen LogP contribution is -2.47. The van der Waals surface area contributed by atoms with E-state index in [1.54, 1.807) is 0 Å². The summed E-state index contributed by atoms with van der Waals surface area (Å²) in [5, 5.41) is 3.13. The van der Waals surface area contributed by atoms with Crippen molar-refractivity contribution in [3.8, 4) is 0 Å². The normalized spacial score (nSPS) is 23.2. The van der Waals surface area contributed by atoms with Gasteiger partial charge in [-0.3, -0.25) is 9.59 Å². The SMILES string of the molecule is CCCCCC(=O)NC1CCN(CCC(CC(F)(F)F)CC(C(N)=O)(C2=CCCC=C2)C2C=CCCC2)CC1. The fourth-order valence-corrected chi connectivity index (χ4v) is 6.64. The minimum absolute atomic E-state index is 0.0952. The number of amides is 2. The van der Waals surface area contributed by atoms with E-state index < -0.39 is 29.8 Å². The molecule has 0 aromatic carbocycles. The van der Waals surface area contributed by atoms with Crippen molar-refractivity contribution in [3.63, 3.8) is 0 Å². The van der Waals surface area contributed by atoms with E-state index >= 15 is 0 Å². The smallest absolute Gasteiger partial charge is 0.369 e. The van der Waals surface area contributed by atoms with Gasteiger partial charge >= 0.3 is 6.18 Å². The van der Waals surface area contributed by atoms with Crippen molar-refractivity contribution in [2.75, 3.05) is 19.6 Å². The molecule has 3 unspecified atom stereocenters. The molecule has 3 atom stereocenters. The van der Waals surface area contributed by atoms with Crippen LogP contribution in [0.2, 0.25) is 0 Å². The Morgan fingerprint density at radius 2 is 1.85 bits per heavy atom. The molecule has 5 nitrogen and oxygen atoms in total. The Kier molecular flexibility index (Phi) is 12.1. The highest BCUT2D eigenvalue weighted by atomic mass is 19.4. The number of allylic oxidation sites excluding steroid dienone is 5. The van der Waals surface area contributed by atoms with E-state index in [1.807, 2.05) is 30.4 Å². The van der Waals surface area contributed by atoms with Gasteiger partial charge in [0.25, 0.3) is 0 Å². The number of halogens is 3. The summed E-state index contributed by atoms with van der Waals surface area (Å²) in [6, 6.07) is 0.131. The molecule has 0 radical (unpaired) electrons. The van der Waals surface area contributed by atoms with E-state index in [0.717, 1.165) is 82.9 Å². The van der Waals surface area contributed by atoms with Crippen molar-refractivity contribution in [1.82, 2.24) is 10.2 Å². The number of hydrogen-bond acceptors (Lipinski definition) is 3. The summed E-state index contributed by atoms with van der Waals surface area (Å²) in [6.07, 6.45) is 14.6. The molecule has 3 rings (SSSR count). The average Bonchev–Trinajstić information content (AvgIpc) is 2.91. The summed E-state index contributed by atoms with van der Waals surface area (Å²) in [6.45, 7) is 4.15. The monoisotopic (exact) mass is 551 g/mol. The summed E-state index contributed by atoms with van der Waals surface area (Å²) in [5.41, 5.74) is 5.77. The quantitative estimate of drug-likeness (QED) is 0.189. The Morgan fingerprint density at radius 3 is 2.44 bits per heavy atom. The van der Waals surface area contributed by atoms with Crippen molar-refractivity contribution < 1.29 is 22.8 Å². The van der Waals surface area contributed by atoms with Crippen LogP contribution < -0.4 is 11.1 Å². The van der Waals surface area contributed by atoms with Crippen LogP contribution in [0.25, 0.3) is 0 Å². The molecule has 2 amide bonds. The second-order valence-electron chi connectivity index (χ2n) is 11.8. The van der Waals surface area contributed by atoms with E-state index in [1.165, 1.54) is 0 Å². The molecule has 0 bridgehead atoms. The number of unbranched alkanes of at least 4 members (excludes halogenated alkanes) is 2. The summed E-state index contributed by atoms with van der Waals surface area (Å²) in [7, 11) is 0. The van der Waals surface area contributed by atoms with Gasteiger partial charge in [-0.15, -0.1) is 0 Å². The van der Waals surface area contributed by atoms with Crippen LogP contribution in [0.4, 0.5) is 13.2 Å². The number of likely N-dealkylation sites (tertiary alicyclic amines) is 1. The Morgan fingerprint density at radius 1 is 1.08 bits per heavy atom. The number of carbonyl (C=O) groups excluding carboxylic acids is 2. The number of rotatable bonds is 14. The molecule has 1 heterocycles. The Labute approximate surface area is 232 Å². The van der Waals surface area contributed by atoms with E-state index in [4.69, 9.17) is 5.73 Å². The molecule has 1 saturated heterocycles. The summed E-state index contributed by atoms with van der Waals surface area (Å²) >= 11 is 0. The fraction of sp³-hybridized carbons (Fsp3) is 0.742. The molecule has 8 heteroatoms. The molecular formula is C31H48F3N3O2. The summed E-state index contributed by atoms with van der Waals surface area (Å²) in [4.78, 5) is 27.6. The highest BCUT2D eigenvalue weighted by Crippen LogP contribution is 2.49. The highest BCUT2D eigenvalue weighted by molar-refractivity contribution is 5.86. The summed E-state index contributed by atoms with van der Waals surface area (Å²) < 4.78 is 41.4. The molecule has 39 heavy (non-hydrogen) atoms. The molecule has 1 fully saturated rings. The van der Waals surface area contributed by atoms with Crippen LogP contribution in [0, 0.1) is 17.3 Å². The number of nitrogens with zero attached hydrogens (tertiary/aromatic N) is 1. The fourth-order valence-electron chi connectivity index (χ4n) is 6.64. The van der Waals surface area contributed by atoms with E-state index in [-0.39, 0.29) is 24.3 Å². The Bertz CT molecular complexity index is 890. The number of hydrogen-bond donors (Lipinski definition) is 2.